The number of aliphatic imine (C=N–C) groups is 1. The lowest BCUT2D eigenvalue weighted by molar-refractivity contribution is 0.100. The van der Waals surface area contributed by atoms with Gasteiger partial charge in [-0.15, -0.1) is 0 Å². The van der Waals surface area contributed by atoms with E-state index in [4.69, 9.17) is 21.1 Å². The average molecular weight is 465 g/mol. The van der Waals surface area contributed by atoms with Gasteiger partial charge in [-0.3, -0.25) is 4.79 Å². The highest BCUT2D eigenvalue weighted by atomic mass is 35.5. The maximum atomic E-state index is 12.7. The molecule has 0 aliphatic carbocycles. The van der Waals surface area contributed by atoms with Crippen LogP contribution in [0, 0.1) is 0 Å². The number of benzene rings is 2. The zero-order chi connectivity index (χ0) is 20.9. The number of nitrogens with zero attached hydrogens (tertiary/aromatic N) is 2. The number of amidine groups is 1. The number of sulfone groups is 1. The Morgan fingerprint density at radius 1 is 1.13 bits per heavy atom. The van der Waals surface area contributed by atoms with Crippen LogP contribution in [0.25, 0.3) is 0 Å². The van der Waals surface area contributed by atoms with E-state index in [2.05, 4.69) is 4.99 Å². The van der Waals surface area contributed by atoms with E-state index in [-0.39, 0.29) is 35.5 Å². The summed E-state index contributed by atoms with van der Waals surface area (Å²) in [6.45, 7) is 0.608. The van der Waals surface area contributed by atoms with Crippen LogP contribution in [0.4, 0.5) is 0 Å². The van der Waals surface area contributed by atoms with Crippen LogP contribution in [-0.4, -0.2) is 54.0 Å². The molecule has 0 bridgehead atoms. The molecular formula is C20H17ClN2O5S2. The second kappa shape index (κ2) is 7.47. The van der Waals surface area contributed by atoms with Gasteiger partial charge in [0.2, 0.25) is 6.79 Å². The normalized spacial score (nSPS) is 25.0. The number of rotatable bonds is 3. The quantitative estimate of drug-likeness (QED) is 0.690. The molecular weight excluding hydrogens is 448 g/mol. The van der Waals surface area contributed by atoms with Gasteiger partial charge in [-0.25, -0.2) is 8.42 Å². The molecule has 2 aromatic rings. The smallest absolute Gasteiger partial charge is 0.279 e. The third-order valence-electron chi connectivity index (χ3n) is 5.25. The molecule has 3 aliphatic heterocycles. The second-order valence-corrected chi connectivity index (χ2v) is 11.1. The summed E-state index contributed by atoms with van der Waals surface area (Å²) >= 11 is 7.25. The van der Waals surface area contributed by atoms with E-state index < -0.39 is 9.84 Å². The first kappa shape index (κ1) is 19.7. The zero-order valence-electron chi connectivity index (χ0n) is 15.7. The summed E-state index contributed by atoms with van der Waals surface area (Å²) in [5, 5.41) is 0.942. The first-order chi connectivity index (χ1) is 14.4. The van der Waals surface area contributed by atoms with Crippen molar-refractivity contribution in [1.82, 2.24) is 4.90 Å². The van der Waals surface area contributed by atoms with Gasteiger partial charge < -0.3 is 14.4 Å². The summed E-state index contributed by atoms with van der Waals surface area (Å²) in [7, 11) is -3.11. The van der Waals surface area contributed by atoms with Crippen molar-refractivity contribution >= 4 is 44.3 Å². The van der Waals surface area contributed by atoms with Crippen molar-refractivity contribution in [1.29, 1.82) is 0 Å². The molecule has 0 spiro atoms. The molecule has 0 N–H and O–H groups in total. The van der Waals surface area contributed by atoms with Gasteiger partial charge in [0.05, 0.1) is 17.5 Å². The lowest BCUT2D eigenvalue weighted by atomic mass is 10.1. The van der Waals surface area contributed by atoms with E-state index >= 15 is 0 Å². The SMILES string of the molecule is O=C(N=C1S[C@@H]2CS(=O)(=O)C[C@H]2N1Cc1ccc2c(c1)OCO2)c1ccc(Cl)cc1. The highest BCUT2D eigenvalue weighted by Crippen LogP contribution is 2.40. The first-order valence-electron chi connectivity index (χ1n) is 9.29. The average Bonchev–Trinajstić information content (AvgIpc) is 3.36. The molecule has 10 heteroatoms. The molecule has 3 heterocycles. The lowest BCUT2D eigenvalue weighted by Gasteiger charge is -2.24. The van der Waals surface area contributed by atoms with Gasteiger partial charge in [0.15, 0.2) is 26.5 Å². The molecule has 7 nitrogen and oxygen atoms in total. The Kier molecular flexibility index (Phi) is 4.91. The van der Waals surface area contributed by atoms with Gasteiger partial charge >= 0.3 is 0 Å². The van der Waals surface area contributed by atoms with Gasteiger partial charge in [0, 0.05) is 22.4 Å². The summed E-state index contributed by atoms with van der Waals surface area (Å²) in [6.07, 6.45) is 0. The Morgan fingerprint density at radius 3 is 2.70 bits per heavy atom. The van der Waals surface area contributed by atoms with Gasteiger partial charge in [-0.2, -0.15) is 4.99 Å². The number of hydrogen-bond donors (Lipinski definition) is 0. The van der Waals surface area contributed by atoms with E-state index in [0.29, 0.717) is 33.8 Å². The monoisotopic (exact) mass is 464 g/mol. The van der Waals surface area contributed by atoms with Crippen LogP contribution in [0.2, 0.25) is 5.02 Å². The highest BCUT2D eigenvalue weighted by molar-refractivity contribution is 8.15. The van der Waals surface area contributed by atoms with Crippen molar-refractivity contribution in [2.45, 2.75) is 17.8 Å². The Hall–Kier alpha value is -2.23. The van der Waals surface area contributed by atoms with Crippen molar-refractivity contribution < 1.29 is 22.7 Å². The standard InChI is InChI=1S/C20H17ClN2O5S2/c21-14-4-2-13(3-5-14)19(24)22-20-23(15-9-30(25,26)10-18(15)29-20)8-12-1-6-16-17(7-12)28-11-27-16/h1-7,15,18H,8-11H2/t15-,18-/m1/s1. The van der Waals surface area contributed by atoms with Crippen LogP contribution in [0.15, 0.2) is 47.5 Å². The number of fused-ring (bicyclic) bond motifs is 2. The van der Waals surface area contributed by atoms with E-state index in [1.807, 2.05) is 23.1 Å². The number of thioether (sulfide) groups is 1. The summed E-state index contributed by atoms with van der Waals surface area (Å²) < 4.78 is 35.2. The van der Waals surface area contributed by atoms with Crippen molar-refractivity contribution in [3.05, 3.63) is 58.6 Å². The number of carbonyl (C=O) groups is 1. The minimum absolute atomic E-state index is 0.0589. The topological polar surface area (TPSA) is 85.3 Å². The van der Waals surface area contributed by atoms with Crippen molar-refractivity contribution in [2.75, 3.05) is 18.3 Å². The third-order valence-corrected chi connectivity index (χ3v) is 8.75. The summed E-state index contributed by atoms with van der Waals surface area (Å²) in [6, 6.07) is 11.9. The Morgan fingerprint density at radius 2 is 1.90 bits per heavy atom. The molecule has 1 amide bonds. The molecule has 2 fully saturated rings. The maximum Gasteiger partial charge on any atom is 0.279 e. The van der Waals surface area contributed by atoms with Crippen LogP contribution < -0.4 is 9.47 Å². The molecule has 30 heavy (non-hydrogen) atoms. The number of hydrogen-bond acceptors (Lipinski definition) is 6. The van der Waals surface area contributed by atoms with Crippen LogP contribution in [0.5, 0.6) is 11.5 Å². The molecule has 0 radical (unpaired) electrons. The number of halogens is 1. The van der Waals surface area contributed by atoms with E-state index in [1.165, 1.54) is 11.8 Å². The Balaban J connectivity index is 1.45. The summed E-state index contributed by atoms with van der Waals surface area (Å²) in [5.74, 6) is 1.11. The molecule has 2 aromatic carbocycles. The third kappa shape index (κ3) is 3.77. The van der Waals surface area contributed by atoms with Gasteiger partial charge in [-0.1, -0.05) is 29.4 Å². The van der Waals surface area contributed by atoms with Crippen molar-refractivity contribution in [2.24, 2.45) is 4.99 Å². The van der Waals surface area contributed by atoms with E-state index in [0.717, 1.165) is 5.56 Å². The van der Waals surface area contributed by atoms with E-state index in [1.54, 1.807) is 24.3 Å². The maximum absolute atomic E-state index is 12.7. The Labute approximate surface area is 182 Å². The fraction of sp³-hybridized carbons (Fsp3) is 0.300. The van der Waals surface area contributed by atoms with Crippen molar-refractivity contribution in [3.63, 3.8) is 0 Å². The number of ether oxygens (including phenoxy) is 2. The summed E-state index contributed by atoms with van der Waals surface area (Å²) in [4.78, 5) is 18.9. The minimum atomic E-state index is -3.11. The van der Waals surface area contributed by atoms with Crippen molar-refractivity contribution in [3.8, 4) is 11.5 Å². The predicted octanol–water partition coefficient (Wildman–Crippen LogP) is 2.98. The van der Waals surface area contributed by atoms with Crippen LogP contribution in [0.3, 0.4) is 0 Å². The molecule has 2 saturated heterocycles. The molecule has 0 saturated carbocycles. The summed E-state index contributed by atoms with van der Waals surface area (Å²) in [5.41, 5.74) is 1.36. The fourth-order valence-corrected chi connectivity index (χ4v) is 7.88. The molecule has 0 unspecified atom stereocenters. The van der Waals surface area contributed by atoms with E-state index in [9.17, 15) is 13.2 Å². The largest absolute Gasteiger partial charge is 0.454 e. The lowest BCUT2D eigenvalue weighted by Crippen LogP contribution is -2.37. The first-order valence-corrected chi connectivity index (χ1v) is 12.4. The minimum Gasteiger partial charge on any atom is -0.454 e. The van der Waals surface area contributed by atoms with Crippen LogP contribution >= 0.6 is 23.4 Å². The van der Waals surface area contributed by atoms with Gasteiger partial charge in [0.1, 0.15) is 0 Å². The van der Waals surface area contributed by atoms with Gasteiger partial charge in [0.25, 0.3) is 5.91 Å². The highest BCUT2D eigenvalue weighted by Gasteiger charge is 2.48. The number of carbonyl (C=O) groups excluding carboxylic acids is 1. The Bertz CT molecular complexity index is 1150. The zero-order valence-corrected chi connectivity index (χ0v) is 18.0. The van der Waals surface area contributed by atoms with Crippen LogP contribution in [-0.2, 0) is 16.4 Å². The molecule has 156 valence electrons. The molecule has 0 aromatic heterocycles. The molecule has 2 atom stereocenters. The number of amides is 1. The predicted molar refractivity (Wildman–Crippen MR) is 115 cm³/mol. The fourth-order valence-electron chi connectivity index (χ4n) is 3.80. The molecule has 3 aliphatic rings. The van der Waals surface area contributed by atoms with Crippen LogP contribution in [0.1, 0.15) is 15.9 Å². The molecule has 5 rings (SSSR count). The second-order valence-electron chi connectivity index (χ2n) is 7.32. The van der Waals surface area contributed by atoms with Gasteiger partial charge in [-0.05, 0) is 42.0 Å².